The Labute approximate surface area is 125 Å². The van der Waals surface area contributed by atoms with Gasteiger partial charge in [0.15, 0.2) is 0 Å². The Balaban J connectivity index is 2.16. The van der Waals surface area contributed by atoms with Crippen LogP contribution in [0.3, 0.4) is 0 Å². The highest BCUT2D eigenvalue weighted by molar-refractivity contribution is 6.30. The molecule has 1 unspecified atom stereocenters. The molecule has 1 atom stereocenters. The molecule has 0 N–H and O–H groups in total. The molecule has 0 saturated carbocycles. The minimum absolute atomic E-state index is 0.0336. The maximum atomic E-state index is 12.2. The van der Waals surface area contributed by atoms with Gasteiger partial charge in [0, 0.05) is 31.2 Å². The molecule has 110 valence electrons. The van der Waals surface area contributed by atoms with Crippen molar-refractivity contribution in [2.75, 3.05) is 27.7 Å². The van der Waals surface area contributed by atoms with Crippen LogP contribution >= 0.6 is 11.6 Å². The molecule has 0 aliphatic carbocycles. The van der Waals surface area contributed by atoms with Gasteiger partial charge in [-0.05, 0) is 37.6 Å². The number of carbonyl (C=O) groups is 1. The third kappa shape index (κ3) is 3.25. The number of rotatable bonds is 4. The Kier molecular flexibility index (Phi) is 4.89. The summed E-state index contributed by atoms with van der Waals surface area (Å²) < 4.78 is 5.37. The summed E-state index contributed by atoms with van der Waals surface area (Å²) >= 11 is 6.06. The second-order valence-corrected chi connectivity index (χ2v) is 5.75. The highest BCUT2D eigenvalue weighted by Crippen LogP contribution is 2.27. The van der Waals surface area contributed by atoms with Crippen LogP contribution in [0.5, 0.6) is 5.75 Å². The van der Waals surface area contributed by atoms with Gasteiger partial charge < -0.3 is 9.64 Å². The molecule has 0 spiro atoms. The molecule has 20 heavy (non-hydrogen) atoms. The van der Waals surface area contributed by atoms with Gasteiger partial charge >= 0.3 is 0 Å². The average molecular weight is 297 g/mol. The highest BCUT2D eigenvalue weighted by Gasteiger charge is 2.32. The van der Waals surface area contributed by atoms with Gasteiger partial charge in [-0.1, -0.05) is 11.6 Å². The quantitative estimate of drug-likeness (QED) is 0.855. The Bertz CT molecular complexity index is 491. The second-order valence-electron chi connectivity index (χ2n) is 5.32. The lowest BCUT2D eigenvalue weighted by Crippen LogP contribution is -2.42. The molecule has 1 aromatic rings. The fourth-order valence-electron chi connectivity index (χ4n) is 2.68. The van der Waals surface area contributed by atoms with Crippen LogP contribution in [0, 0.1) is 0 Å². The van der Waals surface area contributed by atoms with Crippen molar-refractivity contribution in [3.63, 3.8) is 0 Å². The molecule has 1 amide bonds. The molecule has 4 nitrogen and oxygen atoms in total. The van der Waals surface area contributed by atoms with Gasteiger partial charge in [0.05, 0.1) is 13.2 Å². The highest BCUT2D eigenvalue weighted by atomic mass is 35.5. The largest absolute Gasteiger partial charge is 0.496 e. The summed E-state index contributed by atoms with van der Waals surface area (Å²) in [5.41, 5.74) is 1.03. The van der Waals surface area contributed by atoms with Gasteiger partial charge in [-0.3, -0.25) is 9.69 Å². The molecular weight excluding hydrogens is 276 g/mol. The summed E-state index contributed by atoms with van der Waals surface area (Å²) in [4.78, 5) is 16.1. The van der Waals surface area contributed by atoms with Gasteiger partial charge in [-0.2, -0.15) is 0 Å². The third-order valence-electron chi connectivity index (χ3n) is 3.71. The molecule has 1 heterocycles. The first kappa shape index (κ1) is 15.1. The topological polar surface area (TPSA) is 32.8 Å². The van der Waals surface area contributed by atoms with Crippen molar-refractivity contribution in [2.24, 2.45) is 0 Å². The first-order valence-corrected chi connectivity index (χ1v) is 7.18. The average Bonchev–Trinajstić information content (AvgIpc) is 2.86. The van der Waals surface area contributed by atoms with Crippen LogP contribution in [0.4, 0.5) is 0 Å². The lowest BCUT2D eigenvalue weighted by Gasteiger charge is -2.26. The standard InChI is InChI=1S/C15H21ClN2O2/c1-17(2)15(19)13-5-4-8-18(13)10-11-9-12(16)6-7-14(11)20-3/h6-7,9,13H,4-5,8,10H2,1-3H3. The first-order valence-electron chi connectivity index (χ1n) is 6.80. The van der Waals surface area contributed by atoms with E-state index in [1.165, 1.54) is 0 Å². The molecule has 1 fully saturated rings. The fourth-order valence-corrected chi connectivity index (χ4v) is 2.88. The monoisotopic (exact) mass is 296 g/mol. The maximum absolute atomic E-state index is 12.2. The summed E-state index contributed by atoms with van der Waals surface area (Å²) in [5, 5.41) is 0.690. The predicted molar refractivity (Wildman–Crippen MR) is 80.1 cm³/mol. The van der Waals surface area contributed by atoms with Crippen LogP contribution in [0.15, 0.2) is 18.2 Å². The Morgan fingerprint density at radius 1 is 1.50 bits per heavy atom. The van der Waals surface area contributed by atoms with Crippen molar-refractivity contribution in [1.29, 1.82) is 0 Å². The van der Waals surface area contributed by atoms with Gasteiger partial charge in [-0.25, -0.2) is 0 Å². The number of hydrogen-bond donors (Lipinski definition) is 0. The van der Waals surface area contributed by atoms with Crippen molar-refractivity contribution in [2.45, 2.75) is 25.4 Å². The minimum Gasteiger partial charge on any atom is -0.496 e. The van der Waals surface area contributed by atoms with E-state index in [-0.39, 0.29) is 11.9 Å². The van der Waals surface area contributed by atoms with E-state index in [4.69, 9.17) is 16.3 Å². The number of ether oxygens (including phenoxy) is 1. The lowest BCUT2D eigenvalue weighted by atomic mass is 10.1. The Morgan fingerprint density at radius 3 is 2.90 bits per heavy atom. The molecule has 0 aromatic heterocycles. The molecule has 2 rings (SSSR count). The van der Waals surface area contributed by atoms with Crippen molar-refractivity contribution in [1.82, 2.24) is 9.80 Å². The van der Waals surface area contributed by atoms with Crippen molar-refractivity contribution in [3.05, 3.63) is 28.8 Å². The smallest absolute Gasteiger partial charge is 0.239 e. The normalized spacial score (nSPS) is 19.1. The maximum Gasteiger partial charge on any atom is 0.239 e. The number of benzene rings is 1. The zero-order chi connectivity index (χ0) is 14.7. The number of likely N-dealkylation sites (N-methyl/N-ethyl adjacent to an activating group) is 1. The Morgan fingerprint density at radius 2 is 2.25 bits per heavy atom. The van der Waals surface area contributed by atoms with Gasteiger partial charge in [0.25, 0.3) is 0 Å². The van der Waals surface area contributed by atoms with Crippen LogP contribution in [0.1, 0.15) is 18.4 Å². The number of hydrogen-bond acceptors (Lipinski definition) is 3. The van der Waals surface area contributed by atoms with Crippen molar-refractivity contribution < 1.29 is 9.53 Å². The van der Waals surface area contributed by atoms with Crippen molar-refractivity contribution in [3.8, 4) is 5.75 Å². The summed E-state index contributed by atoms with van der Waals surface area (Å²) in [5.74, 6) is 0.987. The van der Waals surface area contributed by atoms with Crippen LogP contribution in [0.25, 0.3) is 0 Å². The van der Waals surface area contributed by atoms with Crippen LogP contribution in [0.2, 0.25) is 5.02 Å². The third-order valence-corrected chi connectivity index (χ3v) is 3.94. The zero-order valence-corrected chi connectivity index (χ0v) is 13.0. The summed E-state index contributed by atoms with van der Waals surface area (Å²) in [6.45, 7) is 1.62. The van der Waals surface area contributed by atoms with Crippen molar-refractivity contribution >= 4 is 17.5 Å². The second kappa shape index (κ2) is 6.46. The van der Waals surface area contributed by atoms with Gasteiger partial charge in [0.1, 0.15) is 5.75 Å². The van der Waals surface area contributed by atoms with E-state index < -0.39 is 0 Å². The Hall–Kier alpha value is -1.26. The first-order chi connectivity index (χ1) is 9.52. The molecule has 0 bridgehead atoms. The number of halogens is 1. The van der Waals surface area contributed by atoms with E-state index in [0.29, 0.717) is 11.6 Å². The van der Waals surface area contributed by atoms with Crippen LogP contribution in [-0.4, -0.2) is 49.5 Å². The van der Waals surface area contributed by atoms with Crippen LogP contribution in [-0.2, 0) is 11.3 Å². The molecule has 1 saturated heterocycles. The van der Waals surface area contributed by atoms with E-state index in [9.17, 15) is 4.79 Å². The molecule has 1 aliphatic rings. The van der Waals surface area contributed by atoms with Crippen LogP contribution < -0.4 is 4.74 Å². The number of amides is 1. The number of nitrogens with zero attached hydrogens (tertiary/aromatic N) is 2. The molecular formula is C15H21ClN2O2. The van der Waals surface area contributed by atoms with E-state index in [2.05, 4.69) is 4.90 Å². The number of carbonyl (C=O) groups excluding carboxylic acids is 1. The summed E-state index contributed by atoms with van der Waals surface area (Å²) in [7, 11) is 5.26. The van der Waals surface area contributed by atoms with E-state index in [0.717, 1.165) is 30.7 Å². The van der Waals surface area contributed by atoms with E-state index in [1.54, 1.807) is 26.1 Å². The number of methoxy groups -OCH3 is 1. The van der Waals surface area contributed by atoms with E-state index in [1.807, 2.05) is 18.2 Å². The molecule has 1 aromatic carbocycles. The van der Waals surface area contributed by atoms with E-state index >= 15 is 0 Å². The number of likely N-dealkylation sites (tertiary alicyclic amines) is 1. The predicted octanol–water partition coefficient (Wildman–Crippen LogP) is 2.40. The van der Waals surface area contributed by atoms with Gasteiger partial charge in [0.2, 0.25) is 5.91 Å². The molecule has 0 radical (unpaired) electrons. The fraction of sp³-hybridized carbons (Fsp3) is 0.533. The minimum atomic E-state index is -0.0336. The summed E-state index contributed by atoms with van der Waals surface area (Å²) in [6, 6.07) is 5.57. The van der Waals surface area contributed by atoms with Gasteiger partial charge in [-0.15, -0.1) is 0 Å². The molecule has 1 aliphatic heterocycles. The molecule has 5 heteroatoms. The zero-order valence-electron chi connectivity index (χ0n) is 12.2. The lowest BCUT2D eigenvalue weighted by molar-refractivity contribution is -0.133. The SMILES string of the molecule is COc1ccc(Cl)cc1CN1CCCC1C(=O)N(C)C. The summed E-state index contributed by atoms with van der Waals surface area (Å²) in [6.07, 6.45) is 1.97.